The van der Waals surface area contributed by atoms with Gasteiger partial charge in [-0.25, -0.2) is 18.6 Å². The number of rotatable bonds is 5. The molecule has 0 spiro atoms. The van der Waals surface area contributed by atoms with Crippen LogP contribution in [0.1, 0.15) is 0 Å². The molecule has 1 atom stereocenters. The summed E-state index contributed by atoms with van der Waals surface area (Å²) in [5, 5.41) is 10.4. The SMILES string of the molecule is N=C(N)N1CCN(c2c(F)cc(N3CC(CNC(=O)C(F)F)OC3=O)cc2F)CCO1. The average molecular weight is 448 g/mol. The van der Waals surface area contributed by atoms with E-state index < -0.39 is 36.2 Å². The number of hydroxylamine groups is 2. The summed E-state index contributed by atoms with van der Waals surface area (Å²) >= 11 is 0. The molecule has 4 N–H and O–H groups in total. The van der Waals surface area contributed by atoms with Crippen LogP contribution in [0.3, 0.4) is 0 Å². The van der Waals surface area contributed by atoms with Gasteiger partial charge in [-0.05, 0) is 0 Å². The third-order valence-electron chi connectivity index (χ3n) is 4.66. The van der Waals surface area contributed by atoms with E-state index in [1.54, 1.807) is 0 Å². The lowest BCUT2D eigenvalue weighted by atomic mass is 10.2. The van der Waals surface area contributed by atoms with E-state index in [0.717, 1.165) is 22.1 Å². The zero-order chi connectivity index (χ0) is 22.7. The molecule has 0 radical (unpaired) electrons. The van der Waals surface area contributed by atoms with Crippen LogP contribution < -0.4 is 20.9 Å². The van der Waals surface area contributed by atoms with E-state index >= 15 is 0 Å². The van der Waals surface area contributed by atoms with E-state index in [0.29, 0.717) is 0 Å². The van der Waals surface area contributed by atoms with E-state index in [4.69, 9.17) is 20.7 Å². The minimum atomic E-state index is -3.21. The van der Waals surface area contributed by atoms with Crippen LogP contribution in [0.4, 0.5) is 33.7 Å². The maximum atomic E-state index is 14.8. The second-order valence-corrected chi connectivity index (χ2v) is 6.73. The Morgan fingerprint density at radius 2 is 1.94 bits per heavy atom. The van der Waals surface area contributed by atoms with Gasteiger partial charge in [0.1, 0.15) is 11.8 Å². The Hall–Kier alpha value is -3.29. The van der Waals surface area contributed by atoms with Crippen molar-refractivity contribution in [2.24, 2.45) is 5.73 Å². The summed E-state index contributed by atoms with van der Waals surface area (Å²) in [6.07, 6.45) is -5.10. The Labute approximate surface area is 173 Å². The number of carbonyl (C=O) groups excluding carboxylic acids is 2. The number of cyclic esters (lactones) is 1. The second-order valence-electron chi connectivity index (χ2n) is 6.73. The number of halogens is 4. The van der Waals surface area contributed by atoms with Gasteiger partial charge < -0.3 is 20.7 Å². The van der Waals surface area contributed by atoms with Gasteiger partial charge in [-0.3, -0.25) is 19.9 Å². The van der Waals surface area contributed by atoms with Crippen molar-refractivity contribution in [3.8, 4) is 0 Å². The van der Waals surface area contributed by atoms with Crippen molar-refractivity contribution in [3.63, 3.8) is 0 Å². The normalized spacial score (nSPS) is 19.5. The third-order valence-corrected chi connectivity index (χ3v) is 4.66. The van der Waals surface area contributed by atoms with E-state index in [2.05, 4.69) is 0 Å². The van der Waals surface area contributed by atoms with Gasteiger partial charge in [-0.15, -0.1) is 0 Å². The number of hydrogen-bond donors (Lipinski definition) is 3. The summed E-state index contributed by atoms with van der Waals surface area (Å²) < 4.78 is 59.0. The number of benzene rings is 1. The van der Waals surface area contributed by atoms with E-state index in [9.17, 15) is 27.2 Å². The first-order chi connectivity index (χ1) is 14.7. The first kappa shape index (κ1) is 22.4. The average Bonchev–Trinajstić information content (AvgIpc) is 2.90. The third kappa shape index (κ3) is 5.07. The van der Waals surface area contributed by atoms with Crippen molar-refractivity contribution in [1.29, 1.82) is 5.41 Å². The maximum Gasteiger partial charge on any atom is 0.414 e. The van der Waals surface area contributed by atoms with Crippen molar-refractivity contribution in [2.75, 3.05) is 49.1 Å². The number of nitrogens with two attached hydrogens (primary N) is 1. The van der Waals surface area contributed by atoms with Crippen LogP contribution in [0, 0.1) is 17.0 Å². The van der Waals surface area contributed by atoms with Crippen molar-refractivity contribution >= 4 is 29.3 Å². The van der Waals surface area contributed by atoms with Gasteiger partial charge in [0.15, 0.2) is 11.6 Å². The molecule has 0 aliphatic carbocycles. The fourth-order valence-corrected chi connectivity index (χ4v) is 3.20. The standard InChI is InChI=1S/C17H20F4N6O4/c18-11-5-9(26-8-10(31-17(26)29)7-24-15(28)14(20)21)6-12(19)13(11)25-1-2-27(16(22)23)30-4-3-25/h5-6,10,14H,1-4,7-8H2,(H3,22,23)(H,24,28). The molecule has 170 valence electrons. The minimum Gasteiger partial charge on any atom is -0.442 e. The van der Waals surface area contributed by atoms with Crippen LogP contribution >= 0.6 is 0 Å². The minimum absolute atomic E-state index is 0.0463. The molecule has 0 saturated carbocycles. The van der Waals surface area contributed by atoms with Gasteiger partial charge in [-0.2, -0.15) is 8.78 Å². The molecular formula is C17H20F4N6O4. The Bertz CT molecular complexity index is 850. The highest BCUT2D eigenvalue weighted by Gasteiger charge is 2.34. The quantitative estimate of drug-likeness (QED) is 0.343. The predicted octanol–water partition coefficient (Wildman–Crippen LogP) is 0.618. The smallest absolute Gasteiger partial charge is 0.414 e. The number of nitrogens with zero attached hydrogens (tertiary/aromatic N) is 3. The molecule has 2 heterocycles. The zero-order valence-corrected chi connectivity index (χ0v) is 16.1. The van der Waals surface area contributed by atoms with Crippen LogP contribution in [0.15, 0.2) is 12.1 Å². The molecule has 31 heavy (non-hydrogen) atoms. The molecule has 0 bridgehead atoms. The molecule has 0 aromatic heterocycles. The molecule has 14 heteroatoms. The van der Waals surface area contributed by atoms with Crippen LogP contribution in [-0.2, 0) is 14.4 Å². The van der Waals surface area contributed by atoms with Crippen LogP contribution in [0.25, 0.3) is 0 Å². The van der Waals surface area contributed by atoms with Crippen LogP contribution in [-0.4, -0.2) is 74.9 Å². The van der Waals surface area contributed by atoms with E-state index in [1.165, 1.54) is 4.90 Å². The number of hydrogen-bond acceptors (Lipinski definition) is 6. The van der Waals surface area contributed by atoms with Gasteiger partial charge >= 0.3 is 12.5 Å². The molecule has 3 rings (SSSR count). The topological polar surface area (TPSA) is 124 Å². The molecule has 1 aromatic carbocycles. The maximum absolute atomic E-state index is 14.8. The molecular weight excluding hydrogens is 428 g/mol. The number of carbonyl (C=O) groups is 2. The Morgan fingerprint density at radius 1 is 1.26 bits per heavy atom. The van der Waals surface area contributed by atoms with Gasteiger partial charge in [0.25, 0.3) is 5.91 Å². The summed E-state index contributed by atoms with van der Waals surface area (Å²) in [5.41, 5.74) is 4.91. The lowest BCUT2D eigenvalue weighted by Crippen LogP contribution is -2.38. The number of anilines is 2. The number of guanidine groups is 1. The summed E-state index contributed by atoms with van der Waals surface area (Å²) in [7, 11) is 0. The molecule has 2 amide bonds. The van der Waals surface area contributed by atoms with Gasteiger partial charge in [-0.1, -0.05) is 0 Å². The van der Waals surface area contributed by atoms with Crippen molar-refractivity contribution < 1.29 is 36.7 Å². The molecule has 2 aliphatic heterocycles. The summed E-state index contributed by atoms with van der Waals surface area (Å²) in [6, 6.07) is 1.91. The van der Waals surface area contributed by atoms with Gasteiger partial charge in [0, 0.05) is 25.2 Å². The molecule has 10 nitrogen and oxygen atoms in total. The predicted molar refractivity (Wildman–Crippen MR) is 99.8 cm³/mol. The largest absolute Gasteiger partial charge is 0.442 e. The Balaban J connectivity index is 1.71. The van der Waals surface area contributed by atoms with Crippen LogP contribution in [0.2, 0.25) is 0 Å². The highest BCUT2D eigenvalue weighted by Crippen LogP contribution is 2.31. The lowest BCUT2D eigenvalue weighted by molar-refractivity contribution is -0.132. The number of alkyl halides is 2. The number of nitrogens with one attached hydrogen (secondary N) is 2. The summed E-state index contributed by atoms with van der Waals surface area (Å²) in [4.78, 5) is 30.6. The van der Waals surface area contributed by atoms with E-state index in [-0.39, 0.29) is 56.7 Å². The van der Waals surface area contributed by atoms with Crippen molar-refractivity contribution in [3.05, 3.63) is 23.8 Å². The molecule has 2 fully saturated rings. The molecule has 1 unspecified atom stereocenters. The fourth-order valence-electron chi connectivity index (χ4n) is 3.20. The highest BCUT2D eigenvalue weighted by molar-refractivity contribution is 5.90. The molecule has 2 aliphatic rings. The lowest BCUT2D eigenvalue weighted by Gasteiger charge is -2.24. The summed E-state index contributed by atoms with van der Waals surface area (Å²) in [6.45, 7) is -0.134. The fraction of sp³-hybridized carbons (Fsp3) is 0.471. The first-order valence-corrected chi connectivity index (χ1v) is 9.20. The number of ether oxygens (including phenoxy) is 1. The first-order valence-electron chi connectivity index (χ1n) is 9.20. The van der Waals surface area contributed by atoms with Crippen molar-refractivity contribution in [1.82, 2.24) is 10.4 Å². The van der Waals surface area contributed by atoms with Gasteiger partial charge in [0.2, 0.25) is 5.96 Å². The van der Waals surface area contributed by atoms with Gasteiger partial charge in [0.05, 0.1) is 31.9 Å². The zero-order valence-electron chi connectivity index (χ0n) is 16.1. The van der Waals surface area contributed by atoms with E-state index in [1.807, 2.05) is 5.32 Å². The number of amides is 2. The highest BCUT2D eigenvalue weighted by atomic mass is 19.3. The monoisotopic (exact) mass is 448 g/mol. The second kappa shape index (κ2) is 9.24. The summed E-state index contributed by atoms with van der Waals surface area (Å²) in [5.74, 6) is -3.72. The van der Waals surface area contributed by atoms with Crippen molar-refractivity contribution in [2.45, 2.75) is 12.5 Å². The Morgan fingerprint density at radius 3 is 2.55 bits per heavy atom. The molecule has 1 aromatic rings. The van der Waals surface area contributed by atoms with Crippen LogP contribution in [0.5, 0.6) is 0 Å². The molecule has 2 saturated heterocycles. The Kier molecular flexibility index (Phi) is 6.68.